The number of hydrogen-bond acceptors (Lipinski definition) is 3. The van der Waals surface area contributed by atoms with Crippen LogP contribution in [0.3, 0.4) is 0 Å². The lowest BCUT2D eigenvalue weighted by molar-refractivity contribution is 0.299. The van der Waals surface area contributed by atoms with Crippen molar-refractivity contribution < 1.29 is 0 Å². The van der Waals surface area contributed by atoms with Crippen molar-refractivity contribution in [3.8, 4) is 0 Å². The number of pyridine rings is 1. The Hall–Kier alpha value is -1.09. The van der Waals surface area contributed by atoms with Crippen LogP contribution < -0.4 is 11.1 Å². The Balaban J connectivity index is 2.13. The summed E-state index contributed by atoms with van der Waals surface area (Å²) in [5.41, 5.74) is 8.13. The predicted octanol–water partition coefficient (Wildman–Crippen LogP) is 3.28. The van der Waals surface area contributed by atoms with E-state index in [1.165, 1.54) is 50.5 Å². The average molecular weight is 247 g/mol. The molecule has 1 unspecified atom stereocenters. The zero-order valence-electron chi connectivity index (χ0n) is 11.4. The molecule has 1 fully saturated rings. The first-order valence-corrected chi connectivity index (χ1v) is 7.19. The van der Waals surface area contributed by atoms with E-state index < -0.39 is 0 Å². The van der Waals surface area contributed by atoms with E-state index in [0.29, 0.717) is 12.0 Å². The third kappa shape index (κ3) is 3.22. The van der Waals surface area contributed by atoms with Gasteiger partial charge in [0.1, 0.15) is 0 Å². The molecule has 2 rings (SSSR count). The fraction of sp³-hybridized carbons (Fsp3) is 0.667. The molecule has 0 amide bonds. The Labute approximate surface area is 110 Å². The predicted molar refractivity (Wildman–Crippen MR) is 76.3 cm³/mol. The van der Waals surface area contributed by atoms with E-state index in [-0.39, 0.29) is 0 Å². The van der Waals surface area contributed by atoms with Crippen LogP contribution >= 0.6 is 0 Å². The minimum absolute atomic E-state index is 0.358. The van der Waals surface area contributed by atoms with Gasteiger partial charge < -0.3 is 11.1 Å². The van der Waals surface area contributed by atoms with Crippen LogP contribution in [0.2, 0.25) is 0 Å². The van der Waals surface area contributed by atoms with Crippen molar-refractivity contribution in [3.05, 3.63) is 24.0 Å². The van der Waals surface area contributed by atoms with Crippen LogP contribution in [0.4, 0.5) is 5.69 Å². The van der Waals surface area contributed by atoms with Crippen molar-refractivity contribution in [2.45, 2.75) is 51.0 Å². The second kappa shape index (κ2) is 6.74. The third-order valence-electron chi connectivity index (χ3n) is 4.15. The molecular formula is C15H25N3. The van der Waals surface area contributed by atoms with E-state index in [9.17, 15) is 0 Å². The van der Waals surface area contributed by atoms with E-state index in [0.717, 1.165) is 5.69 Å². The highest BCUT2D eigenvalue weighted by molar-refractivity contribution is 5.46. The molecule has 3 N–H and O–H groups in total. The molecule has 0 spiro atoms. The van der Waals surface area contributed by atoms with Gasteiger partial charge in [-0.25, -0.2) is 0 Å². The quantitative estimate of drug-likeness (QED) is 0.861. The number of anilines is 1. The molecule has 1 aromatic rings. The highest BCUT2D eigenvalue weighted by atomic mass is 14.9. The van der Waals surface area contributed by atoms with Crippen LogP contribution in [0.15, 0.2) is 18.5 Å². The van der Waals surface area contributed by atoms with Gasteiger partial charge in [0.25, 0.3) is 0 Å². The number of nitrogen functional groups attached to an aromatic ring is 1. The van der Waals surface area contributed by atoms with E-state index in [4.69, 9.17) is 5.73 Å². The Bertz CT molecular complexity index is 357. The number of hydrogen-bond donors (Lipinski definition) is 2. The molecule has 0 saturated heterocycles. The summed E-state index contributed by atoms with van der Waals surface area (Å²) >= 11 is 0. The van der Waals surface area contributed by atoms with Gasteiger partial charge in [-0.15, -0.1) is 0 Å². The maximum atomic E-state index is 6.09. The summed E-state index contributed by atoms with van der Waals surface area (Å²) in [5, 5.41) is 3.46. The summed E-state index contributed by atoms with van der Waals surface area (Å²) in [6, 6.07) is 2.26. The standard InChI is InChI=1S/C15H25N3/c1-17-15(13-11-18-10-9-14(13)16)12-7-5-3-2-4-6-8-12/h9-12,15,17H,2-8H2,1H3,(H2,16,18). The SMILES string of the molecule is CNC(c1cnccc1N)C1CCCCCCC1. The topological polar surface area (TPSA) is 50.9 Å². The zero-order valence-corrected chi connectivity index (χ0v) is 11.4. The Morgan fingerprint density at radius 1 is 1.22 bits per heavy atom. The molecule has 1 atom stereocenters. The first-order chi connectivity index (χ1) is 8.83. The molecule has 0 bridgehead atoms. The van der Waals surface area contributed by atoms with E-state index in [2.05, 4.69) is 10.3 Å². The second-order valence-electron chi connectivity index (χ2n) is 5.38. The first kappa shape index (κ1) is 13.3. The molecule has 18 heavy (non-hydrogen) atoms. The molecule has 0 radical (unpaired) electrons. The minimum atomic E-state index is 0.358. The Kier molecular flexibility index (Phi) is 5.00. The summed E-state index contributed by atoms with van der Waals surface area (Å²) in [5.74, 6) is 0.696. The molecule has 3 nitrogen and oxygen atoms in total. The lowest BCUT2D eigenvalue weighted by Crippen LogP contribution is -2.27. The smallest absolute Gasteiger partial charge is 0.0393 e. The minimum Gasteiger partial charge on any atom is -0.398 e. The van der Waals surface area contributed by atoms with Gasteiger partial charge in [-0.1, -0.05) is 32.1 Å². The normalized spacial score (nSPS) is 20.1. The summed E-state index contributed by atoms with van der Waals surface area (Å²) in [4.78, 5) is 4.23. The summed E-state index contributed by atoms with van der Waals surface area (Å²) < 4.78 is 0. The molecular weight excluding hydrogens is 222 g/mol. The van der Waals surface area contributed by atoms with Gasteiger partial charge in [0, 0.05) is 29.7 Å². The van der Waals surface area contributed by atoms with Gasteiger partial charge >= 0.3 is 0 Å². The number of nitrogens with one attached hydrogen (secondary N) is 1. The van der Waals surface area contributed by atoms with E-state index in [1.807, 2.05) is 19.3 Å². The van der Waals surface area contributed by atoms with Crippen LogP contribution in [-0.2, 0) is 0 Å². The van der Waals surface area contributed by atoms with E-state index in [1.54, 1.807) is 6.20 Å². The molecule has 1 aliphatic carbocycles. The van der Waals surface area contributed by atoms with Crippen molar-refractivity contribution >= 4 is 5.69 Å². The van der Waals surface area contributed by atoms with Gasteiger partial charge in [0.2, 0.25) is 0 Å². The van der Waals surface area contributed by atoms with Crippen LogP contribution in [0.1, 0.15) is 56.6 Å². The van der Waals surface area contributed by atoms with Gasteiger partial charge in [-0.05, 0) is 31.9 Å². The van der Waals surface area contributed by atoms with Gasteiger partial charge in [0.15, 0.2) is 0 Å². The van der Waals surface area contributed by atoms with E-state index >= 15 is 0 Å². The van der Waals surface area contributed by atoms with Crippen LogP contribution in [0.25, 0.3) is 0 Å². The zero-order chi connectivity index (χ0) is 12.8. The molecule has 1 aliphatic rings. The largest absolute Gasteiger partial charge is 0.398 e. The molecule has 3 heteroatoms. The molecule has 1 aromatic heterocycles. The molecule has 0 aliphatic heterocycles. The maximum Gasteiger partial charge on any atom is 0.0393 e. The summed E-state index contributed by atoms with van der Waals surface area (Å²) in [6.07, 6.45) is 13.2. The van der Waals surface area contributed by atoms with Crippen molar-refractivity contribution in [2.24, 2.45) is 5.92 Å². The van der Waals surface area contributed by atoms with Gasteiger partial charge in [-0.3, -0.25) is 4.98 Å². The van der Waals surface area contributed by atoms with Crippen molar-refractivity contribution in [3.63, 3.8) is 0 Å². The number of nitrogens with zero attached hydrogens (tertiary/aromatic N) is 1. The van der Waals surface area contributed by atoms with Crippen molar-refractivity contribution in [2.75, 3.05) is 12.8 Å². The monoisotopic (exact) mass is 247 g/mol. The summed E-state index contributed by atoms with van der Waals surface area (Å²) in [6.45, 7) is 0. The van der Waals surface area contributed by atoms with Crippen LogP contribution in [0.5, 0.6) is 0 Å². The second-order valence-corrected chi connectivity index (χ2v) is 5.38. The number of nitrogens with two attached hydrogens (primary N) is 1. The molecule has 100 valence electrons. The number of aromatic nitrogens is 1. The average Bonchev–Trinajstić information content (AvgIpc) is 2.34. The first-order valence-electron chi connectivity index (χ1n) is 7.19. The lowest BCUT2D eigenvalue weighted by Gasteiger charge is -2.29. The van der Waals surface area contributed by atoms with Crippen molar-refractivity contribution in [1.82, 2.24) is 10.3 Å². The van der Waals surface area contributed by atoms with Gasteiger partial charge in [-0.2, -0.15) is 0 Å². The van der Waals surface area contributed by atoms with Gasteiger partial charge in [0.05, 0.1) is 0 Å². The Morgan fingerprint density at radius 3 is 2.50 bits per heavy atom. The lowest BCUT2D eigenvalue weighted by atomic mass is 9.83. The highest BCUT2D eigenvalue weighted by Crippen LogP contribution is 2.34. The molecule has 1 heterocycles. The maximum absolute atomic E-state index is 6.09. The third-order valence-corrected chi connectivity index (χ3v) is 4.15. The van der Waals surface area contributed by atoms with Crippen molar-refractivity contribution in [1.29, 1.82) is 0 Å². The highest BCUT2D eigenvalue weighted by Gasteiger charge is 2.23. The van der Waals surface area contributed by atoms with Crippen LogP contribution in [-0.4, -0.2) is 12.0 Å². The Morgan fingerprint density at radius 2 is 1.89 bits per heavy atom. The molecule has 1 saturated carbocycles. The fourth-order valence-electron chi connectivity index (χ4n) is 3.14. The molecule has 0 aromatic carbocycles. The number of rotatable bonds is 3. The fourth-order valence-corrected chi connectivity index (χ4v) is 3.14. The summed E-state index contributed by atoms with van der Waals surface area (Å²) in [7, 11) is 2.04. The van der Waals surface area contributed by atoms with Crippen LogP contribution in [0, 0.1) is 5.92 Å².